The van der Waals surface area contributed by atoms with Gasteiger partial charge in [-0.25, -0.2) is 4.79 Å². The van der Waals surface area contributed by atoms with Gasteiger partial charge in [-0.1, -0.05) is 18.2 Å². The number of hydrogen-bond acceptors (Lipinski definition) is 4. The van der Waals surface area contributed by atoms with Gasteiger partial charge >= 0.3 is 5.97 Å². The second kappa shape index (κ2) is 7.55. The van der Waals surface area contributed by atoms with Gasteiger partial charge in [0.05, 0.1) is 12.9 Å². The number of hydrogen-bond donors (Lipinski definition) is 1. The molecule has 4 nitrogen and oxygen atoms in total. The second-order valence-corrected chi connectivity index (χ2v) is 4.29. The third-order valence-corrected chi connectivity index (χ3v) is 2.66. The van der Waals surface area contributed by atoms with Crippen molar-refractivity contribution in [2.24, 2.45) is 0 Å². The van der Waals surface area contributed by atoms with Gasteiger partial charge in [0.25, 0.3) is 0 Å². The van der Waals surface area contributed by atoms with Crippen LogP contribution in [-0.2, 0) is 14.3 Å². The van der Waals surface area contributed by atoms with Crippen LogP contribution < -0.4 is 5.32 Å². The summed E-state index contributed by atoms with van der Waals surface area (Å²) in [6, 6.07) is 7.26. The summed E-state index contributed by atoms with van der Waals surface area (Å²) in [5, 5.41) is 2.79. The fourth-order valence-corrected chi connectivity index (χ4v) is 1.63. The molecular weight excluding hydrogens is 250 g/mol. The number of rotatable bonds is 5. The predicted octanol–water partition coefficient (Wildman–Crippen LogP) is 2.17. The van der Waals surface area contributed by atoms with Crippen molar-refractivity contribution in [3.05, 3.63) is 35.9 Å². The molecule has 0 spiro atoms. The molecule has 96 valence electrons. The van der Waals surface area contributed by atoms with E-state index in [0.29, 0.717) is 11.4 Å². The minimum absolute atomic E-state index is 0.0681. The molecule has 18 heavy (non-hydrogen) atoms. The van der Waals surface area contributed by atoms with Gasteiger partial charge in [0, 0.05) is 11.8 Å². The normalized spacial score (nSPS) is 10.3. The highest BCUT2D eigenvalue weighted by Gasteiger charge is 2.04. The van der Waals surface area contributed by atoms with Crippen LogP contribution in [0.1, 0.15) is 5.56 Å². The van der Waals surface area contributed by atoms with Crippen molar-refractivity contribution in [1.82, 2.24) is 0 Å². The fraction of sp³-hybridized carbons (Fsp3) is 0.231. The van der Waals surface area contributed by atoms with E-state index in [1.807, 2.05) is 24.5 Å². The molecule has 1 amide bonds. The summed E-state index contributed by atoms with van der Waals surface area (Å²) in [5.74, 6) is -0.101. The number of carbonyl (C=O) groups is 2. The van der Waals surface area contributed by atoms with E-state index in [4.69, 9.17) is 0 Å². The van der Waals surface area contributed by atoms with Crippen LogP contribution in [-0.4, -0.2) is 31.0 Å². The van der Waals surface area contributed by atoms with E-state index in [-0.39, 0.29) is 5.91 Å². The number of methoxy groups -OCH3 is 1. The first-order valence-electron chi connectivity index (χ1n) is 5.31. The average molecular weight is 265 g/mol. The maximum atomic E-state index is 11.5. The average Bonchev–Trinajstić information content (AvgIpc) is 2.37. The Hall–Kier alpha value is -1.75. The summed E-state index contributed by atoms with van der Waals surface area (Å²) < 4.78 is 4.52. The van der Waals surface area contributed by atoms with Crippen LogP contribution in [0.4, 0.5) is 5.69 Å². The minimum Gasteiger partial charge on any atom is -0.466 e. The fourth-order valence-electron chi connectivity index (χ4n) is 1.30. The first-order chi connectivity index (χ1) is 8.67. The topological polar surface area (TPSA) is 55.4 Å². The van der Waals surface area contributed by atoms with Gasteiger partial charge < -0.3 is 10.1 Å². The highest BCUT2D eigenvalue weighted by molar-refractivity contribution is 7.99. The molecule has 1 N–H and O–H groups in total. The number of thioether (sulfide) groups is 1. The van der Waals surface area contributed by atoms with Gasteiger partial charge in [0.2, 0.25) is 5.91 Å². The first kappa shape index (κ1) is 14.3. The van der Waals surface area contributed by atoms with Crippen molar-refractivity contribution in [3.63, 3.8) is 0 Å². The van der Waals surface area contributed by atoms with Gasteiger partial charge in [-0.05, 0) is 24.0 Å². The number of esters is 1. The van der Waals surface area contributed by atoms with Crippen LogP contribution in [0.2, 0.25) is 0 Å². The molecule has 1 aromatic rings. The lowest BCUT2D eigenvalue weighted by Gasteiger charge is -2.07. The molecule has 0 aromatic heterocycles. The summed E-state index contributed by atoms with van der Waals surface area (Å²) in [6.45, 7) is 0. The number of anilines is 1. The zero-order valence-corrected chi connectivity index (χ0v) is 11.1. The molecule has 1 rings (SSSR count). The Balaban J connectivity index is 2.82. The molecule has 0 atom stereocenters. The number of ether oxygens (including phenoxy) is 1. The third-order valence-electron chi connectivity index (χ3n) is 2.11. The first-order valence-corrected chi connectivity index (χ1v) is 6.70. The molecular formula is C13H15NO3S. The second-order valence-electron chi connectivity index (χ2n) is 3.42. The Morgan fingerprint density at radius 3 is 2.78 bits per heavy atom. The maximum Gasteiger partial charge on any atom is 0.330 e. The van der Waals surface area contributed by atoms with E-state index in [0.717, 1.165) is 5.56 Å². The van der Waals surface area contributed by atoms with Gasteiger partial charge in [-0.15, -0.1) is 0 Å². The standard InChI is InChI=1S/C13H15NO3S/c1-17-13(16)8-7-10-5-3-4-6-11(10)14-12(15)9-18-2/h3-8H,9H2,1-2H3,(H,14,15)/b8-7+. The molecule has 0 heterocycles. The summed E-state index contributed by atoms with van der Waals surface area (Å²) in [6.07, 6.45) is 4.79. The highest BCUT2D eigenvalue weighted by Crippen LogP contribution is 2.17. The molecule has 0 radical (unpaired) electrons. The molecule has 0 saturated carbocycles. The molecule has 5 heteroatoms. The molecule has 1 aromatic carbocycles. The maximum absolute atomic E-state index is 11.5. The Morgan fingerprint density at radius 1 is 1.39 bits per heavy atom. The van der Waals surface area contributed by atoms with Gasteiger partial charge in [0.15, 0.2) is 0 Å². The van der Waals surface area contributed by atoms with E-state index in [1.54, 1.807) is 12.1 Å². The number of nitrogens with one attached hydrogen (secondary N) is 1. The van der Waals surface area contributed by atoms with Crippen molar-refractivity contribution in [2.75, 3.05) is 24.4 Å². The van der Waals surface area contributed by atoms with Crippen LogP contribution in [0.25, 0.3) is 6.08 Å². The largest absolute Gasteiger partial charge is 0.466 e. The van der Waals surface area contributed by atoms with Crippen LogP contribution in [0.5, 0.6) is 0 Å². The summed E-state index contributed by atoms with van der Waals surface area (Å²) in [4.78, 5) is 22.5. The van der Waals surface area contributed by atoms with Crippen LogP contribution in [0.15, 0.2) is 30.3 Å². The van der Waals surface area contributed by atoms with Crippen LogP contribution >= 0.6 is 11.8 Å². The van der Waals surface area contributed by atoms with E-state index in [1.165, 1.54) is 24.9 Å². The number of carbonyl (C=O) groups excluding carboxylic acids is 2. The monoisotopic (exact) mass is 265 g/mol. The Bertz CT molecular complexity index is 457. The Morgan fingerprint density at radius 2 is 2.11 bits per heavy atom. The number of para-hydroxylation sites is 1. The van der Waals surface area contributed by atoms with Crippen molar-refractivity contribution < 1.29 is 14.3 Å². The molecule has 0 unspecified atom stereocenters. The van der Waals surface area contributed by atoms with Crippen molar-refractivity contribution in [1.29, 1.82) is 0 Å². The third kappa shape index (κ3) is 4.63. The quantitative estimate of drug-likeness (QED) is 0.655. The number of amides is 1. The molecule has 0 aliphatic heterocycles. The van der Waals surface area contributed by atoms with Crippen LogP contribution in [0, 0.1) is 0 Å². The molecule has 0 bridgehead atoms. The lowest BCUT2D eigenvalue weighted by molar-refractivity contribution is -0.134. The van der Waals surface area contributed by atoms with E-state index < -0.39 is 5.97 Å². The summed E-state index contributed by atoms with van der Waals surface area (Å²) in [7, 11) is 1.32. The van der Waals surface area contributed by atoms with Gasteiger partial charge in [-0.2, -0.15) is 11.8 Å². The van der Waals surface area contributed by atoms with Crippen molar-refractivity contribution >= 4 is 35.4 Å². The summed E-state index contributed by atoms with van der Waals surface area (Å²) >= 11 is 1.45. The number of benzene rings is 1. The zero-order valence-electron chi connectivity index (χ0n) is 10.3. The SMILES string of the molecule is COC(=O)/C=C/c1ccccc1NC(=O)CSC. The van der Waals surface area contributed by atoms with Crippen molar-refractivity contribution in [2.45, 2.75) is 0 Å². The summed E-state index contributed by atoms with van der Waals surface area (Å²) in [5.41, 5.74) is 1.44. The molecule has 0 aliphatic rings. The molecule has 0 fully saturated rings. The van der Waals surface area contributed by atoms with Crippen molar-refractivity contribution in [3.8, 4) is 0 Å². The lowest BCUT2D eigenvalue weighted by atomic mass is 10.1. The smallest absolute Gasteiger partial charge is 0.330 e. The van der Waals surface area contributed by atoms with Crippen LogP contribution in [0.3, 0.4) is 0 Å². The Labute approximate surface area is 110 Å². The van der Waals surface area contributed by atoms with E-state index in [2.05, 4.69) is 10.1 Å². The minimum atomic E-state index is -0.430. The zero-order chi connectivity index (χ0) is 13.4. The molecule has 0 saturated heterocycles. The van der Waals surface area contributed by atoms with E-state index >= 15 is 0 Å². The molecule has 0 aliphatic carbocycles. The Kier molecular flexibility index (Phi) is 6.00. The lowest BCUT2D eigenvalue weighted by Crippen LogP contribution is -2.14. The van der Waals surface area contributed by atoms with Gasteiger partial charge in [-0.3, -0.25) is 4.79 Å². The predicted molar refractivity (Wildman–Crippen MR) is 74.5 cm³/mol. The van der Waals surface area contributed by atoms with Gasteiger partial charge in [0.1, 0.15) is 0 Å². The van der Waals surface area contributed by atoms with E-state index in [9.17, 15) is 9.59 Å². The highest BCUT2D eigenvalue weighted by atomic mass is 32.2.